The highest BCUT2D eigenvalue weighted by atomic mass is 16.6. The smallest absolute Gasteiger partial charge is 0.213 e. The Hall–Kier alpha value is -0.600. The average Bonchev–Trinajstić information content (AvgIpc) is 2.32. The van der Waals surface area contributed by atoms with Crippen molar-refractivity contribution in [3.63, 3.8) is 0 Å². The molecule has 1 saturated carbocycles. The summed E-state index contributed by atoms with van der Waals surface area (Å²) in [5.41, 5.74) is 0. The van der Waals surface area contributed by atoms with Crippen LogP contribution in [0.4, 0.5) is 0 Å². The van der Waals surface area contributed by atoms with Crippen LogP contribution in [0.3, 0.4) is 0 Å². The van der Waals surface area contributed by atoms with Crippen molar-refractivity contribution in [1.29, 1.82) is 0 Å². The molecule has 0 amide bonds. The second-order valence-electron chi connectivity index (χ2n) is 5.14. The maximum absolute atomic E-state index is 10.9. The van der Waals surface area contributed by atoms with Crippen LogP contribution in [0.15, 0.2) is 0 Å². The molecule has 94 valence electrons. The molecule has 1 fully saturated rings. The molecule has 3 nitrogen and oxygen atoms in total. The van der Waals surface area contributed by atoms with Gasteiger partial charge in [0, 0.05) is 17.8 Å². The van der Waals surface area contributed by atoms with Crippen molar-refractivity contribution in [2.45, 2.75) is 77.2 Å². The van der Waals surface area contributed by atoms with Gasteiger partial charge in [-0.15, -0.1) is 0 Å². The molecule has 0 spiro atoms. The lowest BCUT2D eigenvalue weighted by atomic mass is 9.92. The Labute approximate surface area is 98.8 Å². The summed E-state index contributed by atoms with van der Waals surface area (Å²) in [6.07, 6.45) is 11.2. The Kier molecular flexibility index (Phi) is 6.43. The van der Waals surface area contributed by atoms with E-state index >= 15 is 0 Å². The summed E-state index contributed by atoms with van der Waals surface area (Å²) in [6.45, 7) is 2.21. The van der Waals surface area contributed by atoms with Gasteiger partial charge in [-0.3, -0.25) is 10.1 Å². The molecule has 0 aromatic carbocycles. The van der Waals surface area contributed by atoms with E-state index in [4.69, 9.17) is 0 Å². The lowest BCUT2D eigenvalue weighted by Crippen LogP contribution is -2.20. The van der Waals surface area contributed by atoms with Crippen molar-refractivity contribution < 1.29 is 4.92 Å². The van der Waals surface area contributed by atoms with E-state index in [0.29, 0.717) is 0 Å². The van der Waals surface area contributed by atoms with Crippen molar-refractivity contribution in [1.82, 2.24) is 0 Å². The highest BCUT2D eigenvalue weighted by molar-refractivity contribution is 4.65. The molecule has 0 saturated heterocycles. The molecule has 2 atom stereocenters. The van der Waals surface area contributed by atoms with E-state index < -0.39 is 0 Å². The highest BCUT2D eigenvalue weighted by Crippen LogP contribution is 2.24. The van der Waals surface area contributed by atoms with Crippen molar-refractivity contribution >= 4 is 0 Å². The summed E-state index contributed by atoms with van der Waals surface area (Å²) in [5.74, 6) is 0.723. The fourth-order valence-electron chi connectivity index (χ4n) is 2.68. The first-order chi connectivity index (χ1) is 7.74. The molecule has 0 bridgehead atoms. The number of hydrogen-bond donors (Lipinski definition) is 0. The van der Waals surface area contributed by atoms with Crippen LogP contribution in [0.5, 0.6) is 0 Å². The number of hydrogen-bond acceptors (Lipinski definition) is 2. The van der Waals surface area contributed by atoms with Crippen LogP contribution >= 0.6 is 0 Å². The van der Waals surface area contributed by atoms with E-state index in [2.05, 4.69) is 6.92 Å². The molecular formula is C13H25NO2. The standard InChI is InChI=1S/C13H25NO2/c1-2-12-8-6-4-3-5-7-9-13(11-10-12)14(15)16/h12-13H,2-11H2,1H3/t12?,13-/m1/s1. The maximum atomic E-state index is 10.9. The van der Waals surface area contributed by atoms with Gasteiger partial charge in [-0.1, -0.05) is 45.4 Å². The Morgan fingerprint density at radius 1 is 1.00 bits per heavy atom. The molecule has 1 unspecified atom stereocenters. The van der Waals surface area contributed by atoms with Crippen LogP contribution in [0.25, 0.3) is 0 Å². The van der Waals surface area contributed by atoms with Crippen LogP contribution < -0.4 is 0 Å². The third-order valence-corrected chi connectivity index (χ3v) is 3.93. The van der Waals surface area contributed by atoms with Gasteiger partial charge in [0.2, 0.25) is 6.04 Å². The lowest BCUT2D eigenvalue weighted by molar-refractivity contribution is -0.524. The van der Waals surface area contributed by atoms with Gasteiger partial charge in [0.05, 0.1) is 0 Å². The SMILES string of the molecule is CCC1CCCCCCC[C@@H]([N+](=O)[O-])CC1. The summed E-state index contributed by atoms with van der Waals surface area (Å²) >= 11 is 0. The van der Waals surface area contributed by atoms with Crippen molar-refractivity contribution in [3.8, 4) is 0 Å². The first kappa shape index (κ1) is 13.5. The largest absolute Gasteiger partial charge is 0.264 e. The first-order valence-corrected chi connectivity index (χ1v) is 6.87. The number of nitro groups is 1. The average molecular weight is 227 g/mol. The van der Waals surface area contributed by atoms with Crippen molar-refractivity contribution in [2.75, 3.05) is 0 Å². The van der Waals surface area contributed by atoms with Gasteiger partial charge in [0.25, 0.3) is 0 Å². The summed E-state index contributed by atoms with van der Waals surface area (Å²) < 4.78 is 0. The molecule has 16 heavy (non-hydrogen) atoms. The van der Waals surface area contributed by atoms with Crippen LogP contribution in [0.1, 0.15) is 71.1 Å². The fourth-order valence-corrected chi connectivity index (χ4v) is 2.68. The van der Waals surface area contributed by atoms with Crippen molar-refractivity contribution in [2.24, 2.45) is 5.92 Å². The Morgan fingerprint density at radius 3 is 2.25 bits per heavy atom. The van der Waals surface area contributed by atoms with Crippen LogP contribution in [0, 0.1) is 16.0 Å². The number of rotatable bonds is 2. The van der Waals surface area contributed by atoms with Gasteiger partial charge in [-0.2, -0.15) is 0 Å². The van der Waals surface area contributed by atoms with Crippen LogP contribution in [-0.4, -0.2) is 11.0 Å². The highest BCUT2D eigenvalue weighted by Gasteiger charge is 2.21. The zero-order valence-corrected chi connectivity index (χ0v) is 10.5. The third-order valence-electron chi connectivity index (χ3n) is 3.93. The minimum Gasteiger partial charge on any atom is -0.264 e. The summed E-state index contributed by atoms with van der Waals surface area (Å²) in [7, 11) is 0. The molecule has 0 aromatic heterocycles. The summed E-state index contributed by atoms with van der Waals surface area (Å²) in [4.78, 5) is 10.9. The van der Waals surface area contributed by atoms with Crippen LogP contribution in [-0.2, 0) is 0 Å². The lowest BCUT2D eigenvalue weighted by Gasteiger charge is -2.15. The van der Waals surface area contributed by atoms with E-state index in [1.54, 1.807) is 0 Å². The zero-order chi connectivity index (χ0) is 11.8. The molecule has 0 N–H and O–H groups in total. The van der Waals surface area contributed by atoms with Gasteiger partial charge < -0.3 is 0 Å². The molecule has 1 aliphatic rings. The topological polar surface area (TPSA) is 43.1 Å². The molecule has 0 aromatic rings. The van der Waals surface area contributed by atoms with E-state index in [9.17, 15) is 10.1 Å². The minimum atomic E-state index is -0.271. The molecule has 0 heterocycles. The van der Waals surface area contributed by atoms with Gasteiger partial charge in [0.1, 0.15) is 0 Å². The zero-order valence-electron chi connectivity index (χ0n) is 10.5. The van der Waals surface area contributed by atoms with Crippen molar-refractivity contribution in [3.05, 3.63) is 10.1 Å². The summed E-state index contributed by atoms with van der Waals surface area (Å²) in [5, 5.41) is 10.9. The molecule has 1 aliphatic carbocycles. The summed E-state index contributed by atoms with van der Waals surface area (Å²) in [6, 6.07) is -0.271. The quantitative estimate of drug-likeness (QED) is 0.524. The first-order valence-electron chi connectivity index (χ1n) is 6.87. The third kappa shape index (κ3) is 4.95. The minimum absolute atomic E-state index is 0.0510. The predicted molar refractivity (Wildman–Crippen MR) is 66.1 cm³/mol. The molecule has 0 radical (unpaired) electrons. The van der Waals surface area contributed by atoms with Crippen LogP contribution in [0.2, 0.25) is 0 Å². The normalized spacial score (nSPS) is 29.3. The second kappa shape index (κ2) is 7.64. The predicted octanol–water partition coefficient (Wildman–Crippen LogP) is 4.18. The molecule has 0 aliphatic heterocycles. The van der Waals surface area contributed by atoms with E-state index in [0.717, 1.165) is 31.6 Å². The van der Waals surface area contributed by atoms with Gasteiger partial charge in [0.15, 0.2) is 0 Å². The van der Waals surface area contributed by atoms with E-state index in [1.807, 2.05) is 0 Å². The Balaban J connectivity index is 2.46. The second-order valence-corrected chi connectivity index (χ2v) is 5.14. The molecule has 1 rings (SSSR count). The van der Waals surface area contributed by atoms with E-state index in [1.165, 1.54) is 38.5 Å². The van der Waals surface area contributed by atoms with E-state index in [-0.39, 0.29) is 11.0 Å². The van der Waals surface area contributed by atoms with Gasteiger partial charge in [-0.05, 0) is 18.8 Å². The van der Waals surface area contributed by atoms with Gasteiger partial charge >= 0.3 is 0 Å². The Bertz CT molecular complexity index is 206. The number of nitrogens with zero attached hydrogens (tertiary/aromatic N) is 1. The van der Waals surface area contributed by atoms with Gasteiger partial charge in [-0.25, -0.2) is 0 Å². The Morgan fingerprint density at radius 2 is 1.62 bits per heavy atom. The maximum Gasteiger partial charge on any atom is 0.213 e. The molecule has 3 heteroatoms. The molecular weight excluding hydrogens is 202 g/mol. The monoisotopic (exact) mass is 227 g/mol. The fraction of sp³-hybridized carbons (Fsp3) is 1.00.